The van der Waals surface area contributed by atoms with Gasteiger partial charge in [0.05, 0.1) is 6.04 Å². The minimum Gasteiger partial charge on any atom is -0.338 e. The lowest BCUT2D eigenvalue weighted by molar-refractivity contribution is -0.130. The second kappa shape index (κ2) is 7.54. The normalized spacial score (nSPS) is 17.7. The van der Waals surface area contributed by atoms with Gasteiger partial charge in [-0.2, -0.15) is 0 Å². The predicted molar refractivity (Wildman–Crippen MR) is 82.9 cm³/mol. The fraction of sp³-hybridized carbons (Fsp3) is 0.353. The number of hydrogen-bond donors (Lipinski definition) is 0. The van der Waals surface area contributed by atoms with Crippen LogP contribution in [0.2, 0.25) is 0 Å². The smallest absolute Gasteiger partial charge is 0.247 e. The summed E-state index contributed by atoms with van der Waals surface area (Å²) >= 11 is 0. The van der Waals surface area contributed by atoms with E-state index in [1.165, 1.54) is 17.1 Å². The van der Waals surface area contributed by atoms with Gasteiger partial charge < -0.3 is 14.6 Å². The van der Waals surface area contributed by atoms with Crippen LogP contribution in [0.1, 0.15) is 18.4 Å². The molecule has 1 heterocycles. The second-order valence-electron chi connectivity index (χ2n) is 5.39. The zero-order valence-electron chi connectivity index (χ0n) is 12.6. The molecule has 2 rings (SSSR count). The van der Waals surface area contributed by atoms with Gasteiger partial charge in [0.2, 0.25) is 11.8 Å². The van der Waals surface area contributed by atoms with Crippen molar-refractivity contribution in [1.82, 2.24) is 9.80 Å². The van der Waals surface area contributed by atoms with Gasteiger partial charge in [0.1, 0.15) is 6.29 Å². The molecule has 0 N–H and O–H groups in total. The summed E-state index contributed by atoms with van der Waals surface area (Å²) in [5.74, 6) is -0.518. The molecule has 0 bridgehead atoms. The number of likely N-dealkylation sites (N-methyl/N-ethyl adjacent to an activating group) is 1. The Morgan fingerprint density at radius 3 is 2.68 bits per heavy atom. The molecule has 0 unspecified atom stereocenters. The molecule has 22 heavy (non-hydrogen) atoms. The topological polar surface area (TPSA) is 57.7 Å². The third kappa shape index (κ3) is 4.04. The SMILES string of the molecule is CN(Cc1ccccc1)C(=O)/C=C/C(=O)N1CCC[C@H]1C=O. The number of aldehydes is 1. The number of nitrogens with zero attached hydrogens (tertiary/aromatic N) is 2. The van der Waals surface area contributed by atoms with Crippen LogP contribution < -0.4 is 0 Å². The van der Waals surface area contributed by atoms with Gasteiger partial charge in [-0.05, 0) is 18.4 Å². The number of hydrogen-bond acceptors (Lipinski definition) is 3. The van der Waals surface area contributed by atoms with Gasteiger partial charge in [-0.15, -0.1) is 0 Å². The largest absolute Gasteiger partial charge is 0.338 e. The first-order chi connectivity index (χ1) is 10.6. The molecule has 1 atom stereocenters. The Hall–Kier alpha value is -2.43. The van der Waals surface area contributed by atoms with Crippen molar-refractivity contribution in [2.45, 2.75) is 25.4 Å². The lowest BCUT2D eigenvalue weighted by Crippen LogP contribution is -2.35. The van der Waals surface area contributed by atoms with E-state index in [0.29, 0.717) is 19.5 Å². The van der Waals surface area contributed by atoms with E-state index >= 15 is 0 Å². The summed E-state index contributed by atoms with van der Waals surface area (Å²) in [7, 11) is 1.69. The molecule has 116 valence electrons. The van der Waals surface area contributed by atoms with Gasteiger partial charge in [-0.25, -0.2) is 0 Å². The summed E-state index contributed by atoms with van der Waals surface area (Å²) in [6, 6.07) is 9.28. The van der Waals surface area contributed by atoms with Crippen LogP contribution in [0.4, 0.5) is 0 Å². The second-order valence-corrected chi connectivity index (χ2v) is 5.39. The molecule has 1 aliphatic heterocycles. The number of benzene rings is 1. The van der Waals surface area contributed by atoms with Crippen LogP contribution in [-0.4, -0.2) is 47.5 Å². The molecule has 1 aliphatic rings. The van der Waals surface area contributed by atoms with Gasteiger partial charge in [0, 0.05) is 32.3 Å². The first kappa shape index (κ1) is 15.9. The molecule has 2 amide bonds. The summed E-state index contributed by atoms with van der Waals surface area (Å²) in [6.45, 7) is 1.06. The molecule has 0 aromatic heterocycles. The van der Waals surface area contributed by atoms with Crippen LogP contribution in [0.3, 0.4) is 0 Å². The molecule has 0 radical (unpaired) electrons. The van der Waals surface area contributed by atoms with Gasteiger partial charge in [0.25, 0.3) is 0 Å². The lowest BCUT2D eigenvalue weighted by Gasteiger charge is -2.18. The maximum atomic E-state index is 12.0. The third-order valence-corrected chi connectivity index (χ3v) is 3.75. The molecule has 1 aromatic rings. The first-order valence-electron chi connectivity index (χ1n) is 7.35. The molecule has 0 aliphatic carbocycles. The van der Waals surface area contributed by atoms with Crippen molar-refractivity contribution >= 4 is 18.1 Å². The van der Waals surface area contributed by atoms with Crippen molar-refractivity contribution < 1.29 is 14.4 Å². The number of rotatable bonds is 5. The fourth-order valence-corrected chi connectivity index (χ4v) is 2.51. The minimum atomic E-state index is -0.352. The van der Waals surface area contributed by atoms with E-state index in [-0.39, 0.29) is 17.9 Å². The van der Waals surface area contributed by atoms with Gasteiger partial charge in [-0.1, -0.05) is 30.3 Å². The van der Waals surface area contributed by atoms with Crippen molar-refractivity contribution in [3.8, 4) is 0 Å². The van der Waals surface area contributed by atoms with Crippen molar-refractivity contribution in [3.05, 3.63) is 48.0 Å². The van der Waals surface area contributed by atoms with Crippen LogP contribution in [0.15, 0.2) is 42.5 Å². The minimum absolute atomic E-state index is 0.237. The van der Waals surface area contributed by atoms with Crippen LogP contribution in [0, 0.1) is 0 Å². The van der Waals surface area contributed by atoms with E-state index in [2.05, 4.69) is 0 Å². The number of carbonyl (C=O) groups is 3. The van der Waals surface area contributed by atoms with Gasteiger partial charge >= 0.3 is 0 Å². The van der Waals surface area contributed by atoms with Gasteiger partial charge in [-0.3, -0.25) is 9.59 Å². The predicted octanol–water partition coefficient (Wildman–Crippen LogP) is 1.39. The maximum absolute atomic E-state index is 12.0. The Labute approximate surface area is 130 Å². The number of carbonyl (C=O) groups excluding carboxylic acids is 3. The monoisotopic (exact) mass is 300 g/mol. The Bertz CT molecular complexity index is 569. The average molecular weight is 300 g/mol. The van der Waals surface area contributed by atoms with Crippen LogP contribution in [-0.2, 0) is 20.9 Å². The van der Waals surface area contributed by atoms with Crippen molar-refractivity contribution in [1.29, 1.82) is 0 Å². The quantitative estimate of drug-likeness (QED) is 0.610. The molecular weight excluding hydrogens is 280 g/mol. The summed E-state index contributed by atoms with van der Waals surface area (Å²) in [5, 5.41) is 0. The summed E-state index contributed by atoms with van der Waals surface area (Å²) in [4.78, 5) is 38.0. The zero-order valence-corrected chi connectivity index (χ0v) is 12.6. The van der Waals surface area contributed by atoms with E-state index in [1.54, 1.807) is 11.9 Å². The Balaban J connectivity index is 1.90. The van der Waals surface area contributed by atoms with E-state index in [4.69, 9.17) is 0 Å². The highest BCUT2D eigenvalue weighted by Crippen LogP contribution is 2.15. The zero-order chi connectivity index (χ0) is 15.9. The summed E-state index contributed by atoms with van der Waals surface area (Å²) < 4.78 is 0. The van der Waals surface area contributed by atoms with E-state index in [0.717, 1.165) is 18.3 Å². The molecule has 0 spiro atoms. The standard InChI is InChI=1S/C17H20N2O3/c1-18(12-14-6-3-2-4-7-14)16(21)9-10-17(22)19-11-5-8-15(19)13-20/h2-4,6-7,9-10,13,15H,5,8,11-12H2,1H3/b10-9+/t15-/m0/s1. The highest BCUT2D eigenvalue weighted by atomic mass is 16.2. The summed E-state index contributed by atoms with van der Waals surface area (Å²) in [6.07, 6.45) is 4.84. The number of likely N-dealkylation sites (tertiary alicyclic amines) is 1. The molecular formula is C17H20N2O3. The van der Waals surface area contributed by atoms with Crippen molar-refractivity contribution in [3.63, 3.8) is 0 Å². The Morgan fingerprint density at radius 1 is 1.27 bits per heavy atom. The van der Waals surface area contributed by atoms with Crippen molar-refractivity contribution in [2.75, 3.05) is 13.6 Å². The Morgan fingerprint density at radius 2 is 2.00 bits per heavy atom. The third-order valence-electron chi connectivity index (χ3n) is 3.75. The highest BCUT2D eigenvalue weighted by Gasteiger charge is 2.26. The maximum Gasteiger partial charge on any atom is 0.247 e. The highest BCUT2D eigenvalue weighted by molar-refractivity contribution is 5.97. The van der Waals surface area contributed by atoms with Gasteiger partial charge in [0.15, 0.2) is 0 Å². The molecule has 1 fully saturated rings. The molecule has 1 saturated heterocycles. The van der Waals surface area contributed by atoms with E-state index in [9.17, 15) is 14.4 Å². The molecule has 1 aromatic carbocycles. The Kier molecular flexibility index (Phi) is 5.47. The van der Waals surface area contributed by atoms with Crippen LogP contribution in [0.25, 0.3) is 0 Å². The fourth-order valence-electron chi connectivity index (χ4n) is 2.51. The van der Waals surface area contributed by atoms with E-state index < -0.39 is 0 Å². The summed E-state index contributed by atoms with van der Waals surface area (Å²) in [5.41, 5.74) is 1.03. The van der Waals surface area contributed by atoms with Crippen molar-refractivity contribution in [2.24, 2.45) is 0 Å². The average Bonchev–Trinajstić information content (AvgIpc) is 3.01. The van der Waals surface area contributed by atoms with E-state index in [1.807, 2.05) is 30.3 Å². The molecule has 5 nitrogen and oxygen atoms in total. The first-order valence-corrected chi connectivity index (χ1v) is 7.35. The number of amides is 2. The van der Waals surface area contributed by atoms with Crippen LogP contribution >= 0.6 is 0 Å². The molecule has 0 saturated carbocycles. The lowest BCUT2D eigenvalue weighted by atomic mass is 10.2. The van der Waals surface area contributed by atoms with Crippen LogP contribution in [0.5, 0.6) is 0 Å². The molecule has 5 heteroatoms.